The van der Waals surface area contributed by atoms with Gasteiger partial charge in [-0.1, -0.05) is 6.07 Å². The lowest BCUT2D eigenvalue weighted by molar-refractivity contribution is -0.141. The van der Waals surface area contributed by atoms with Gasteiger partial charge in [0.25, 0.3) is 0 Å². The molecule has 0 spiro atoms. The molecule has 2 heterocycles. The third-order valence-electron chi connectivity index (χ3n) is 3.56. The average molecular weight is 263 g/mol. The zero-order valence-corrected chi connectivity index (χ0v) is 11.3. The fraction of sp³-hybridized carbons (Fsp3) is 0.571. The number of hydrogen-bond donors (Lipinski definition) is 1. The molecule has 1 aromatic rings. The molecule has 0 saturated carbocycles. The van der Waals surface area contributed by atoms with Crippen molar-refractivity contribution in [2.45, 2.75) is 31.8 Å². The van der Waals surface area contributed by atoms with E-state index in [0.717, 1.165) is 5.69 Å². The number of likely N-dealkylation sites (N-methyl/N-ethyl adjacent to an activating group) is 1. The third-order valence-corrected chi connectivity index (χ3v) is 3.56. The van der Waals surface area contributed by atoms with Gasteiger partial charge in [-0.3, -0.25) is 9.78 Å². The molecule has 0 bridgehead atoms. The van der Waals surface area contributed by atoms with Gasteiger partial charge in [-0.25, -0.2) is 0 Å². The van der Waals surface area contributed by atoms with Gasteiger partial charge in [-0.2, -0.15) is 0 Å². The Morgan fingerprint density at radius 1 is 1.47 bits per heavy atom. The van der Waals surface area contributed by atoms with Crippen LogP contribution >= 0.6 is 0 Å². The molecule has 1 amide bonds. The Hall–Kier alpha value is -1.46. The van der Waals surface area contributed by atoms with E-state index in [4.69, 9.17) is 10.5 Å². The minimum absolute atomic E-state index is 0.00366. The molecule has 0 aromatic carbocycles. The van der Waals surface area contributed by atoms with E-state index in [9.17, 15) is 4.79 Å². The molecule has 5 heteroatoms. The van der Waals surface area contributed by atoms with Gasteiger partial charge in [0.05, 0.1) is 17.8 Å². The quantitative estimate of drug-likeness (QED) is 0.877. The Morgan fingerprint density at radius 2 is 2.21 bits per heavy atom. The molecule has 2 rings (SSSR count). The Balaban J connectivity index is 2.06. The number of pyridine rings is 1. The van der Waals surface area contributed by atoms with Gasteiger partial charge in [0.1, 0.15) is 0 Å². The largest absolute Gasteiger partial charge is 0.381 e. The number of rotatable bonds is 4. The van der Waals surface area contributed by atoms with Crippen molar-refractivity contribution in [3.05, 3.63) is 30.1 Å². The van der Waals surface area contributed by atoms with Crippen molar-refractivity contribution >= 4 is 5.91 Å². The van der Waals surface area contributed by atoms with Crippen LogP contribution in [-0.2, 0) is 16.1 Å². The minimum Gasteiger partial charge on any atom is -0.381 e. The Bertz CT molecular complexity index is 416. The molecule has 1 saturated heterocycles. The topological polar surface area (TPSA) is 68.5 Å². The molecule has 0 atom stereocenters. The van der Waals surface area contributed by atoms with Crippen molar-refractivity contribution in [1.29, 1.82) is 0 Å². The predicted octanol–water partition coefficient (Wildman–Crippen LogP) is 0.938. The Kier molecular flexibility index (Phi) is 4.50. The summed E-state index contributed by atoms with van der Waals surface area (Å²) in [5, 5.41) is 0. The summed E-state index contributed by atoms with van der Waals surface area (Å²) < 4.78 is 5.28. The SMILES string of the molecule is CCN(Cc1ccccn1)C(=O)C1(N)CCOCC1. The summed E-state index contributed by atoms with van der Waals surface area (Å²) in [4.78, 5) is 18.6. The smallest absolute Gasteiger partial charge is 0.243 e. The summed E-state index contributed by atoms with van der Waals surface area (Å²) >= 11 is 0. The van der Waals surface area contributed by atoms with Gasteiger partial charge in [0, 0.05) is 26.0 Å². The minimum atomic E-state index is -0.775. The van der Waals surface area contributed by atoms with Crippen LogP contribution < -0.4 is 5.73 Å². The van der Waals surface area contributed by atoms with E-state index in [1.54, 1.807) is 11.1 Å². The highest BCUT2D eigenvalue weighted by Gasteiger charge is 2.38. The third kappa shape index (κ3) is 3.30. The van der Waals surface area contributed by atoms with Gasteiger partial charge >= 0.3 is 0 Å². The normalized spacial score (nSPS) is 18.0. The van der Waals surface area contributed by atoms with Gasteiger partial charge < -0.3 is 15.4 Å². The zero-order valence-electron chi connectivity index (χ0n) is 11.3. The summed E-state index contributed by atoms with van der Waals surface area (Å²) in [7, 11) is 0. The lowest BCUT2D eigenvalue weighted by Crippen LogP contribution is -2.57. The molecule has 0 radical (unpaired) electrons. The second kappa shape index (κ2) is 6.12. The van der Waals surface area contributed by atoms with Crippen LogP contribution in [0.25, 0.3) is 0 Å². The van der Waals surface area contributed by atoms with E-state index >= 15 is 0 Å². The van der Waals surface area contributed by atoms with Crippen LogP contribution in [0.1, 0.15) is 25.5 Å². The van der Waals surface area contributed by atoms with Crippen LogP contribution in [0.4, 0.5) is 0 Å². The molecular weight excluding hydrogens is 242 g/mol. The van der Waals surface area contributed by atoms with Gasteiger partial charge in [-0.05, 0) is 31.9 Å². The first-order valence-electron chi connectivity index (χ1n) is 6.71. The molecule has 1 aliphatic rings. The van der Waals surface area contributed by atoms with E-state index in [2.05, 4.69) is 4.98 Å². The number of hydrogen-bond acceptors (Lipinski definition) is 4. The van der Waals surface area contributed by atoms with Crippen molar-refractivity contribution in [2.75, 3.05) is 19.8 Å². The van der Waals surface area contributed by atoms with Crippen molar-refractivity contribution in [1.82, 2.24) is 9.88 Å². The molecule has 0 aliphatic carbocycles. The highest BCUT2D eigenvalue weighted by Crippen LogP contribution is 2.21. The molecule has 2 N–H and O–H groups in total. The average Bonchev–Trinajstić information content (AvgIpc) is 2.46. The van der Waals surface area contributed by atoms with E-state index < -0.39 is 5.54 Å². The number of nitrogens with two attached hydrogens (primary N) is 1. The maximum atomic E-state index is 12.6. The highest BCUT2D eigenvalue weighted by atomic mass is 16.5. The molecule has 0 unspecified atom stereocenters. The second-order valence-electron chi connectivity index (χ2n) is 4.91. The van der Waals surface area contributed by atoms with Gasteiger partial charge in [-0.15, -0.1) is 0 Å². The summed E-state index contributed by atoms with van der Waals surface area (Å²) in [6, 6.07) is 5.71. The van der Waals surface area contributed by atoms with Crippen LogP contribution in [0.5, 0.6) is 0 Å². The summed E-state index contributed by atoms with van der Waals surface area (Å²) in [6.45, 7) is 4.22. The molecule has 1 aliphatic heterocycles. The number of carbonyl (C=O) groups excluding carboxylic acids is 1. The van der Waals surface area contributed by atoms with Crippen LogP contribution in [0.15, 0.2) is 24.4 Å². The number of nitrogens with zero attached hydrogens (tertiary/aromatic N) is 2. The lowest BCUT2D eigenvalue weighted by Gasteiger charge is -2.36. The number of ether oxygens (including phenoxy) is 1. The molecule has 1 fully saturated rings. The lowest BCUT2D eigenvalue weighted by atomic mass is 9.89. The summed E-state index contributed by atoms with van der Waals surface area (Å²) in [6.07, 6.45) is 2.91. The van der Waals surface area contributed by atoms with E-state index in [1.165, 1.54) is 0 Å². The Labute approximate surface area is 113 Å². The second-order valence-corrected chi connectivity index (χ2v) is 4.91. The van der Waals surface area contributed by atoms with E-state index in [1.807, 2.05) is 25.1 Å². The molecule has 5 nitrogen and oxygen atoms in total. The first-order valence-corrected chi connectivity index (χ1v) is 6.71. The predicted molar refractivity (Wildman–Crippen MR) is 72.3 cm³/mol. The van der Waals surface area contributed by atoms with E-state index in [0.29, 0.717) is 39.1 Å². The zero-order chi connectivity index (χ0) is 13.7. The number of aromatic nitrogens is 1. The summed E-state index contributed by atoms with van der Waals surface area (Å²) in [5.41, 5.74) is 6.35. The number of amides is 1. The maximum absolute atomic E-state index is 12.6. The van der Waals surface area contributed by atoms with Crippen LogP contribution in [-0.4, -0.2) is 41.1 Å². The van der Waals surface area contributed by atoms with Crippen LogP contribution in [0, 0.1) is 0 Å². The first kappa shape index (κ1) is 14.0. The van der Waals surface area contributed by atoms with E-state index in [-0.39, 0.29) is 5.91 Å². The fourth-order valence-electron chi connectivity index (χ4n) is 2.28. The summed E-state index contributed by atoms with van der Waals surface area (Å²) in [5.74, 6) is 0.00366. The molecule has 1 aromatic heterocycles. The molecule has 19 heavy (non-hydrogen) atoms. The first-order chi connectivity index (χ1) is 9.15. The number of carbonyl (C=O) groups is 1. The fourth-order valence-corrected chi connectivity index (χ4v) is 2.28. The van der Waals surface area contributed by atoms with Crippen molar-refractivity contribution in [2.24, 2.45) is 5.73 Å². The van der Waals surface area contributed by atoms with Crippen LogP contribution in [0.2, 0.25) is 0 Å². The van der Waals surface area contributed by atoms with Gasteiger partial charge in [0.2, 0.25) is 5.91 Å². The van der Waals surface area contributed by atoms with Crippen molar-refractivity contribution in [3.8, 4) is 0 Å². The standard InChI is InChI=1S/C14H21N3O2/c1-2-17(11-12-5-3-4-8-16-12)13(18)14(15)6-9-19-10-7-14/h3-5,8H,2,6-7,9-11,15H2,1H3. The maximum Gasteiger partial charge on any atom is 0.243 e. The van der Waals surface area contributed by atoms with Crippen LogP contribution in [0.3, 0.4) is 0 Å². The molecular formula is C14H21N3O2. The highest BCUT2D eigenvalue weighted by molar-refractivity contribution is 5.86. The molecule has 104 valence electrons. The van der Waals surface area contributed by atoms with Gasteiger partial charge in [0.15, 0.2) is 0 Å². The van der Waals surface area contributed by atoms with Crippen molar-refractivity contribution < 1.29 is 9.53 Å². The monoisotopic (exact) mass is 263 g/mol. The Morgan fingerprint density at radius 3 is 2.79 bits per heavy atom. The van der Waals surface area contributed by atoms with Crippen molar-refractivity contribution in [3.63, 3.8) is 0 Å².